The highest BCUT2D eigenvalue weighted by Gasteiger charge is 2.20. The molecule has 25 heavy (non-hydrogen) atoms. The van der Waals surface area contributed by atoms with Crippen molar-refractivity contribution in [2.45, 2.75) is 32.6 Å². The first-order chi connectivity index (χ1) is 11.8. The number of ether oxygens (including phenoxy) is 2. The third kappa shape index (κ3) is 5.63. The van der Waals surface area contributed by atoms with Crippen molar-refractivity contribution in [3.05, 3.63) is 41.6 Å². The molecule has 0 saturated heterocycles. The second-order valence-electron chi connectivity index (χ2n) is 6.56. The third-order valence-corrected chi connectivity index (χ3v) is 3.41. The van der Waals surface area contributed by atoms with Crippen LogP contribution in [0.25, 0.3) is 0 Å². The minimum absolute atomic E-state index is 0.0771. The Morgan fingerprint density at radius 1 is 1.20 bits per heavy atom. The zero-order valence-electron chi connectivity index (χ0n) is 14.8. The predicted octanol–water partition coefficient (Wildman–Crippen LogP) is 2.71. The molecule has 0 aliphatic carbocycles. The molecular formula is C18H22N2O5. The molecule has 0 radical (unpaired) electrons. The van der Waals surface area contributed by atoms with Gasteiger partial charge in [-0.1, -0.05) is 38.1 Å². The molecule has 0 saturated carbocycles. The van der Waals surface area contributed by atoms with Crippen LogP contribution in [-0.4, -0.2) is 30.7 Å². The number of nitrogens with one attached hydrogen (secondary N) is 1. The van der Waals surface area contributed by atoms with E-state index in [1.165, 1.54) is 0 Å². The maximum Gasteiger partial charge on any atom is 0.310 e. The molecule has 2 aromatic rings. The van der Waals surface area contributed by atoms with Crippen molar-refractivity contribution in [1.29, 1.82) is 0 Å². The maximum absolute atomic E-state index is 11.8. The molecule has 1 aromatic carbocycles. The second kappa shape index (κ2) is 7.83. The first-order valence-electron chi connectivity index (χ1n) is 7.83. The number of aromatic nitrogens is 1. The number of rotatable bonds is 6. The minimum atomic E-state index is -0.492. The molecule has 0 bridgehead atoms. The fourth-order valence-corrected chi connectivity index (χ4v) is 1.97. The van der Waals surface area contributed by atoms with Crippen LogP contribution in [0.1, 0.15) is 32.0 Å². The molecular weight excluding hydrogens is 324 g/mol. The van der Waals surface area contributed by atoms with Crippen molar-refractivity contribution in [3.8, 4) is 5.75 Å². The molecule has 7 nitrogen and oxygen atoms in total. The van der Waals surface area contributed by atoms with Crippen molar-refractivity contribution < 1.29 is 23.6 Å². The van der Waals surface area contributed by atoms with E-state index in [1.54, 1.807) is 37.4 Å². The molecule has 134 valence electrons. The number of carbonyl (C=O) groups excluding carboxylic acids is 2. The van der Waals surface area contributed by atoms with Gasteiger partial charge in [-0.2, -0.15) is 0 Å². The Kier molecular flexibility index (Phi) is 5.80. The van der Waals surface area contributed by atoms with Crippen molar-refractivity contribution in [2.75, 3.05) is 19.0 Å². The Labute approximate surface area is 146 Å². The Bertz CT molecular complexity index is 729. The van der Waals surface area contributed by atoms with Crippen LogP contribution in [0.5, 0.6) is 5.75 Å². The first-order valence-corrected chi connectivity index (χ1v) is 7.83. The highest BCUT2D eigenvalue weighted by molar-refractivity contribution is 5.91. The molecule has 1 amide bonds. The number of carbonyl (C=O) groups is 2. The fraction of sp³-hybridized carbons (Fsp3) is 0.389. The highest BCUT2D eigenvalue weighted by atomic mass is 16.5. The molecule has 0 aliphatic heterocycles. The van der Waals surface area contributed by atoms with Crippen molar-refractivity contribution in [2.24, 2.45) is 0 Å². The van der Waals surface area contributed by atoms with Gasteiger partial charge in [0.15, 0.2) is 6.61 Å². The van der Waals surface area contributed by atoms with Crippen LogP contribution in [0.4, 0.5) is 5.88 Å². The van der Waals surface area contributed by atoms with E-state index in [2.05, 4.69) is 10.5 Å². The maximum atomic E-state index is 11.8. The van der Waals surface area contributed by atoms with E-state index in [1.807, 2.05) is 20.8 Å². The van der Waals surface area contributed by atoms with Crippen molar-refractivity contribution in [1.82, 2.24) is 5.16 Å². The van der Waals surface area contributed by atoms with Gasteiger partial charge in [-0.25, -0.2) is 0 Å². The van der Waals surface area contributed by atoms with Crippen LogP contribution < -0.4 is 10.1 Å². The van der Waals surface area contributed by atoms with Gasteiger partial charge in [-0.15, -0.1) is 0 Å². The van der Waals surface area contributed by atoms with E-state index in [9.17, 15) is 9.59 Å². The third-order valence-electron chi connectivity index (χ3n) is 3.41. The lowest BCUT2D eigenvalue weighted by atomic mass is 9.92. The van der Waals surface area contributed by atoms with Gasteiger partial charge >= 0.3 is 5.97 Å². The predicted molar refractivity (Wildman–Crippen MR) is 91.5 cm³/mol. The number of hydrogen-bond donors (Lipinski definition) is 1. The summed E-state index contributed by atoms with van der Waals surface area (Å²) in [5.74, 6) is -0.0488. The molecule has 2 rings (SSSR count). The van der Waals surface area contributed by atoms with E-state index >= 15 is 0 Å². The van der Waals surface area contributed by atoms with Gasteiger partial charge in [0.1, 0.15) is 5.75 Å². The average Bonchev–Trinajstić information content (AvgIpc) is 3.02. The number of benzene rings is 1. The minimum Gasteiger partial charge on any atom is -0.497 e. The first kappa shape index (κ1) is 18.5. The van der Waals surface area contributed by atoms with Crippen LogP contribution in [0.15, 0.2) is 34.9 Å². The summed E-state index contributed by atoms with van der Waals surface area (Å²) in [7, 11) is 1.57. The van der Waals surface area contributed by atoms with Crippen LogP contribution in [0, 0.1) is 0 Å². The summed E-state index contributed by atoms with van der Waals surface area (Å²) in [6, 6.07) is 8.70. The summed E-state index contributed by atoms with van der Waals surface area (Å²) in [5.41, 5.74) is 1.31. The number of hydrogen-bond acceptors (Lipinski definition) is 6. The van der Waals surface area contributed by atoms with Crippen LogP contribution in [-0.2, 0) is 26.2 Å². The normalized spacial score (nSPS) is 11.0. The molecule has 7 heteroatoms. The number of methoxy groups -OCH3 is 1. The standard InChI is InChI=1S/C18H22N2O5/c1-18(2,3)14-10-16(25-20-14)19-15(21)11-24-17(22)9-12-5-7-13(23-4)8-6-12/h5-8,10H,9,11H2,1-4H3,(H,19,21). The van der Waals surface area contributed by atoms with E-state index in [-0.39, 0.29) is 24.3 Å². The Morgan fingerprint density at radius 2 is 1.88 bits per heavy atom. The van der Waals surface area contributed by atoms with E-state index < -0.39 is 11.9 Å². The molecule has 0 spiro atoms. The van der Waals surface area contributed by atoms with Gasteiger partial charge in [0.05, 0.1) is 19.2 Å². The fourth-order valence-electron chi connectivity index (χ4n) is 1.97. The van der Waals surface area contributed by atoms with Crippen molar-refractivity contribution in [3.63, 3.8) is 0 Å². The molecule has 0 fully saturated rings. The van der Waals surface area contributed by atoms with Crippen LogP contribution >= 0.6 is 0 Å². The summed E-state index contributed by atoms with van der Waals surface area (Å²) in [6.45, 7) is 5.56. The summed E-state index contributed by atoms with van der Waals surface area (Å²) >= 11 is 0. The molecule has 1 heterocycles. The number of amides is 1. The molecule has 0 aliphatic rings. The topological polar surface area (TPSA) is 90.7 Å². The lowest BCUT2D eigenvalue weighted by Gasteiger charge is -2.12. The summed E-state index contributed by atoms with van der Waals surface area (Å²) in [5, 5.41) is 6.40. The summed E-state index contributed by atoms with van der Waals surface area (Å²) in [4.78, 5) is 23.6. The Balaban J connectivity index is 1.79. The zero-order chi connectivity index (χ0) is 18.4. The number of esters is 1. The largest absolute Gasteiger partial charge is 0.497 e. The van der Waals surface area contributed by atoms with Gasteiger partial charge in [-0.3, -0.25) is 14.9 Å². The SMILES string of the molecule is COc1ccc(CC(=O)OCC(=O)Nc2cc(C(C)(C)C)no2)cc1. The molecule has 0 atom stereocenters. The molecule has 1 aromatic heterocycles. The highest BCUT2D eigenvalue weighted by Crippen LogP contribution is 2.23. The van der Waals surface area contributed by atoms with E-state index in [0.29, 0.717) is 5.75 Å². The average molecular weight is 346 g/mol. The lowest BCUT2D eigenvalue weighted by Crippen LogP contribution is -2.21. The molecule has 1 N–H and O–H groups in total. The van der Waals surface area contributed by atoms with Gasteiger partial charge in [-0.05, 0) is 17.7 Å². The van der Waals surface area contributed by atoms with Crippen molar-refractivity contribution >= 4 is 17.8 Å². The van der Waals surface area contributed by atoms with Gasteiger partial charge < -0.3 is 14.0 Å². The summed E-state index contributed by atoms with van der Waals surface area (Å²) in [6.07, 6.45) is 0.0771. The van der Waals surface area contributed by atoms with Crippen LogP contribution in [0.3, 0.4) is 0 Å². The molecule has 0 unspecified atom stereocenters. The van der Waals surface area contributed by atoms with Gasteiger partial charge in [0, 0.05) is 11.5 Å². The van der Waals surface area contributed by atoms with Gasteiger partial charge in [0.25, 0.3) is 5.91 Å². The van der Waals surface area contributed by atoms with E-state index in [0.717, 1.165) is 11.3 Å². The zero-order valence-corrected chi connectivity index (χ0v) is 14.8. The smallest absolute Gasteiger partial charge is 0.310 e. The quantitative estimate of drug-likeness (QED) is 0.809. The second-order valence-corrected chi connectivity index (χ2v) is 6.56. The summed E-state index contributed by atoms with van der Waals surface area (Å²) < 4.78 is 15.1. The lowest BCUT2D eigenvalue weighted by molar-refractivity contribution is -0.146. The van der Waals surface area contributed by atoms with Crippen LogP contribution in [0.2, 0.25) is 0 Å². The Morgan fingerprint density at radius 3 is 2.44 bits per heavy atom. The monoisotopic (exact) mass is 346 g/mol. The van der Waals surface area contributed by atoms with E-state index in [4.69, 9.17) is 14.0 Å². The van der Waals surface area contributed by atoms with Gasteiger partial charge in [0.2, 0.25) is 5.88 Å². The number of anilines is 1. The number of nitrogens with zero attached hydrogens (tertiary/aromatic N) is 1. The Hall–Kier alpha value is -2.83.